The van der Waals surface area contributed by atoms with E-state index in [0.717, 1.165) is 25.0 Å². The zero-order valence-electron chi connectivity index (χ0n) is 24.7. The van der Waals surface area contributed by atoms with Crippen LogP contribution in [0, 0.1) is 28.8 Å². The van der Waals surface area contributed by atoms with Crippen molar-refractivity contribution in [3.8, 4) is 28.8 Å². The van der Waals surface area contributed by atoms with Crippen LogP contribution in [0.25, 0.3) is 22.3 Å². The van der Waals surface area contributed by atoms with Crippen molar-refractivity contribution in [3.63, 3.8) is 0 Å². The first-order valence-corrected chi connectivity index (χ1v) is 14.7. The summed E-state index contributed by atoms with van der Waals surface area (Å²) in [6.45, 7) is 4.79. The van der Waals surface area contributed by atoms with Gasteiger partial charge in [0.15, 0.2) is 17.2 Å². The third kappa shape index (κ3) is 5.93. The molecular formula is C32H31F3N8O2. The number of hydrogen-bond donors (Lipinski definition) is 2. The number of nitrogens with two attached hydrogens (primary N) is 1. The molecule has 2 aromatic carbocycles. The molecule has 0 spiro atoms. The number of anilines is 1. The maximum atomic E-state index is 15.6. The number of nitrogen functional groups attached to an aromatic ring is 1. The topological polar surface area (TPSA) is 135 Å². The number of nitrogens with zero attached hydrogens (tertiary/aromatic N) is 6. The number of amides is 1. The third-order valence-corrected chi connectivity index (χ3v) is 8.02. The van der Waals surface area contributed by atoms with Crippen molar-refractivity contribution in [2.45, 2.75) is 57.2 Å². The molecule has 45 heavy (non-hydrogen) atoms. The molecule has 13 heteroatoms. The summed E-state index contributed by atoms with van der Waals surface area (Å²) in [5.74, 6) is -3.71. The molecule has 2 fully saturated rings. The van der Waals surface area contributed by atoms with Crippen LogP contribution in [-0.4, -0.2) is 55.2 Å². The third-order valence-electron chi connectivity index (χ3n) is 8.02. The smallest absolute Gasteiger partial charge is 0.264 e. The summed E-state index contributed by atoms with van der Waals surface area (Å²) in [4.78, 5) is 23.6. The quantitative estimate of drug-likeness (QED) is 0.198. The van der Waals surface area contributed by atoms with Gasteiger partial charge >= 0.3 is 0 Å². The average molecular weight is 617 g/mol. The van der Waals surface area contributed by atoms with Gasteiger partial charge in [-0.25, -0.2) is 23.4 Å². The summed E-state index contributed by atoms with van der Waals surface area (Å²) in [6.07, 6.45) is 6.08. The lowest BCUT2D eigenvalue weighted by atomic mass is 10.0. The normalized spacial score (nSPS) is 17.8. The van der Waals surface area contributed by atoms with Gasteiger partial charge in [0.05, 0.1) is 11.4 Å². The lowest BCUT2D eigenvalue weighted by molar-refractivity contribution is -0.128. The Hall–Kier alpha value is -4.96. The highest BCUT2D eigenvalue weighted by Gasteiger charge is 2.42. The van der Waals surface area contributed by atoms with Crippen LogP contribution in [0.5, 0.6) is 11.5 Å². The van der Waals surface area contributed by atoms with E-state index in [9.17, 15) is 18.8 Å². The van der Waals surface area contributed by atoms with E-state index in [-0.39, 0.29) is 64.2 Å². The molecule has 0 unspecified atom stereocenters. The predicted octanol–water partition coefficient (Wildman–Crippen LogP) is 5.43. The highest BCUT2D eigenvalue weighted by molar-refractivity contribution is 5.99. The number of fused-ring (bicyclic) bond motifs is 1. The second-order valence-corrected chi connectivity index (χ2v) is 11.7. The Morgan fingerprint density at radius 3 is 2.71 bits per heavy atom. The molecular weight excluding hydrogens is 585 g/mol. The van der Waals surface area contributed by atoms with Gasteiger partial charge in [0.1, 0.15) is 41.0 Å². The number of carbonyl (C=O) groups excluding carboxylic acids is 1. The summed E-state index contributed by atoms with van der Waals surface area (Å²) in [7, 11) is 0. The summed E-state index contributed by atoms with van der Waals surface area (Å²) in [5, 5.41) is 18.4. The maximum absolute atomic E-state index is 15.6. The Kier molecular flexibility index (Phi) is 7.92. The van der Waals surface area contributed by atoms with E-state index in [0.29, 0.717) is 30.4 Å². The van der Waals surface area contributed by atoms with Gasteiger partial charge < -0.3 is 20.7 Å². The number of nitrogens with one attached hydrogen (secondary N) is 1. The largest absolute Gasteiger partial charge is 0.454 e. The highest BCUT2D eigenvalue weighted by atomic mass is 19.2. The van der Waals surface area contributed by atoms with Crippen LogP contribution in [0.3, 0.4) is 0 Å². The van der Waals surface area contributed by atoms with Crippen LogP contribution in [0.15, 0.2) is 54.4 Å². The van der Waals surface area contributed by atoms with Crippen LogP contribution in [0.2, 0.25) is 0 Å². The summed E-state index contributed by atoms with van der Waals surface area (Å²) in [5.41, 5.74) is 6.62. The number of piperidine rings is 1. The van der Waals surface area contributed by atoms with Gasteiger partial charge in [0, 0.05) is 36.3 Å². The van der Waals surface area contributed by atoms with Crippen LogP contribution in [0.1, 0.15) is 45.6 Å². The van der Waals surface area contributed by atoms with Crippen molar-refractivity contribution < 1.29 is 22.7 Å². The van der Waals surface area contributed by atoms with Gasteiger partial charge in [-0.2, -0.15) is 14.8 Å². The van der Waals surface area contributed by atoms with Gasteiger partial charge in [-0.3, -0.25) is 4.79 Å². The highest BCUT2D eigenvalue weighted by Crippen LogP contribution is 2.39. The Morgan fingerprint density at radius 2 is 2.00 bits per heavy atom. The Morgan fingerprint density at radius 1 is 1.20 bits per heavy atom. The molecule has 1 atom stereocenters. The molecule has 0 radical (unpaired) electrons. The number of ether oxygens (including phenoxy) is 1. The molecule has 1 aliphatic heterocycles. The molecule has 10 nitrogen and oxygen atoms in total. The lowest BCUT2D eigenvalue weighted by Crippen LogP contribution is -2.42. The van der Waals surface area contributed by atoms with E-state index < -0.39 is 17.5 Å². The molecule has 0 bridgehead atoms. The van der Waals surface area contributed by atoms with Gasteiger partial charge in [0.2, 0.25) is 5.82 Å². The molecule has 1 saturated carbocycles. The second kappa shape index (κ2) is 11.9. The van der Waals surface area contributed by atoms with E-state index in [2.05, 4.69) is 21.4 Å². The predicted molar refractivity (Wildman–Crippen MR) is 160 cm³/mol. The molecule has 3 heterocycles. The van der Waals surface area contributed by atoms with E-state index in [4.69, 9.17) is 15.6 Å². The fourth-order valence-electron chi connectivity index (χ4n) is 5.85. The van der Waals surface area contributed by atoms with E-state index in [1.54, 1.807) is 15.7 Å². The summed E-state index contributed by atoms with van der Waals surface area (Å²) in [6, 6.07) is 9.29. The minimum Gasteiger partial charge on any atom is -0.454 e. The molecule has 2 aliphatic rings. The molecule has 6 rings (SSSR count). The zero-order valence-corrected chi connectivity index (χ0v) is 24.7. The van der Waals surface area contributed by atoms with Crippen molar-refractivity contribution in [3.05, 3.63) is 71.8 Å². The number of aromatic nitrogens is 4. The van der Waals surface area contributed by atoms with Crippen molar-refractivity contribution in [1.29, 1.82) is 5.26 Å². The number of benzene rings is 2. The minimum atomic E-state index is -1.19. The monoisotopic (exact) mass is 616 g/mol. The van der Waals surface area contributed by atoms with Crippen molar-refractivity contribution >= 4 is 22.8 Å². The van der Waals surface area contributed by atoms with Gasteiger partial charge in [0.25, 0.3) is 5.91 Å². The number of carbonyl (C=O) groups is 1. The molecule has 3 N–H and O–H groups in total. The first-order valence-electron chi connectivity index (χ1n) is 14.7. The molecule has 1 amide bonds. The molecule has 1 aliphatic carbocycles. The van der Waals surface area contributed by atoms with Crippen molar-refractivity contribution in [2.75, 3.05) is 18.8 Å². The number of nitriles is 1. The standard InChI is InChI=1S/C32H31F3N8O2/c1-18(2)40-32(10-11-32)14-19(15-36)31(44)42-12-4-5-20(16-42)43-30-26(29(37)38-17-39-30)28(41-43)22-9-8-21(13-24(22)34)45-25-7-3-6-23(33)27(25)35/h3,6-9,13-14,17-18,20,40H,4-5,10-12,16H2,1-2H3,(H2,37,38,39)/b19-14+/t20-/m0/s1. The summed E-state index contributed by atoms with van der Waals surface area (Å²) >= 11 is 0. The number of likely N-dealkylation sites (tertiary alicyclic amines) is 1. The first kappa shape index (κ1) is 30.1. The number of halogens is 3. The van der Waals surface area contributed by atoms with Crippen molar-refractivity contribution in [2.24, 2.45) is 0 Å². The Bertz CT molecular complexity index is 1860. The number of hydrogen-bond acceptors (Lipinski definition) is 8. The zero-order chi connectivity index (χ0) is 31.9. The molecule has 4 aromatic rings. The fraction of sp³-hybridized carbons (Fsp3) is 0.344. The summed E-state index contributed by atoms with van der Waals surface area (Å²) < 4.78 is 50.3. The molecule has 232 valence electrons. The minimum absolute atomic E-state index is 0.0481. The van der Waals surface area contributed by atoms with Crippen LogP contribution < -0.4 is 15.8 Å². The van der Waals surface area contributed by atoms with Crippen molar-refractivity contribution in [1.82, 2.24) is 30.0 Å². The van der Waals surface area contributed by atoms with Gasteiger partial charge in [-0.15, -0.1) is 0 Å². The molecule has 1 saturated heterocycles. The lowest BCUT2D eigenvalue weighted by Gasteiger charge is -2.33. The maximum Gasteiger partial charge on any atom is 0.264 e. The van der Waals surface area contributed by atoms with Gasteiger partial charge in [-0.05, 0) is 56.0 Å². The van der Waals surface area contributed by atoms with Crippen LogP contribution in [0.4, 0.5) is 19.0 Å². The fourth-order valence-corrected chi connectivity index (χ4v) is 5.85. The van der Waals surface area contributed by atoms with E-state index in [1.165, 1.54) is 30.6 Å². The van der Waals surface area contributed by atoms with Crippen LogP contribution in [-0.2, 0) is 4.79 Å². The van der Waals surface area contributed by atoms with Crippen LogP contribution >= 0.6 is 0 Å². The Balaban J connectivity index is 1.30. The van der Waals surface area contributed by atoms with E-state index >= 15 is 4.39 Å². The second-order valence-electron chi connectivity index (χ2n) is 11.7. The SMILES string of the molecule is CC(C)NC1(/C=C(\C#N)C(=O)N2CCC[C@H](n3nc(-c4ccc(Oc5cccc(F)c5F)cc4F)c4c(N)ncnc43)C2)CC1. The van der Waals surface area contributed by atoms with Gasteiger partial charge in [-0.1, -0.05) is 19.9 Å². The average Bonchev–Trinajstić information content (AvgIpc) is 3.65. The Labute approximate surface area is 257 Å². The molecule has 2 aromatic heterocycles. The first-order chi connectivity index (χ1) is 21.6. The number of rotatable bonds is 8. The van der Waals surface area contributed by atoms with E-state index in [1.807, 2.05) is 13.8 Å².